The summed E-state index contributed by atoms with van der Waals surface area (Å²) in [4.78, 5) is 24.6. The lowest BCUT2D eigenvalue weighted by Crippen LogP contribution is -2.35. The molecule has 0 fully saturated rings. The zero-order chi connectivity index (χ0) is 19.2. The number of sulfonamides is 1. The number of thiophene rings is 1. The number of ether oxygens (including phenoxy) is 1. The number of amides is 1. The van der Waals surface area contributed by atoms with Crippen LogP contribution in [0.3, 0.4) is 0 Å². The Kier molecular flexibility index (Phi) is 6.90. The van der Waals surface area contributed by atoms with Gasteiger partial charge < -0.3 is 10.1 Å². The Bertz CT molecular complexity index is 863. The van der Waals surface area contributed by atoms with Gasteiger partial charge in [-0.3, -0.25) is 4.79 Å². The minimum absolute atomic E-state index is 0.0471. The lowest BCUT2D eigenvalue weighted by atomic mass is 10.2. The SMILES string of the molecule is CCNC(=O)[C@H](C)OC(=O)c1cccc(S(=O)(=O)NCc2cccs2)c1. The summed E-state index contributed by atoms with van der Waals surface area (Å²) in [5.41, 5.74) is 0.0557. The van der Waals surface area contributed by atoms with E-state index in [2.05, 4.69) is 10.0 Å². The zero-order valence-electron chi connectivity index (χ0n) is 14.4. The molecule has 0 aliphatic rings. The van der Waals surface area contributed by atoms with Crippen LogP contribution in [0.25, 0.3) is 0 Å². The summed E-state index contributed by atoms with van der Waals surface area (Å²) in [5, 5.41) is 4.40. The molecule has 1 amide bonds. The van der Waals surface area contributed by atoms with Gasteiger partial charge in [-0.1, -0.05) is 12.1 Å². The Labute approximate surface area is 156 Å². The van der Waals surface area contributed by atoms with Gasteiger partial charge in [0.15, 0.2) is 6.10 Å². The van der Waals surface area contributed by atoms with Gasteiger partial charge in [0.05, 0.1) is 10.5 Å². The zero-order valence-corrected chi connectivity index (χ0v) is 16.0. The summed E-state index contributed by atoms with van der Waals surface area (Å²) in [6, 6.07) is 9.16. The quantitative estimate of drug-likeness (QED) is 0.664. The second-order valence-corrected chi connectivity index (χ2v) is 8.17. The summed E-state index contributed by atoms with van der Waals surface area (Å²) in [6.45, 7) is 3.79. The minimum atomic E-state index is -3.78. The number of likely N-dealkylation sites (N-methyl/N-ethyl adjacent to an activating group) is 1. The fraction of sp³-hybridized carbons (Fsp3) is 0.294. The lowest BCUT2D eigenvalue weighted by Gasteiger charge is -2.13. The normalized spacial score (nSPS) is 12.4. The average molecular weight is 396 g/mol. The molecule has 7 nitrogen and oxygen atoms in total. The maximum atomic E-state index is 12.4. The van der Waals surface area contributed by atoms with Gasteiger partial charge in [-0.15, -0.1) is 11.3 Å². The van der Waals surface area contributed by atoms with Gasteiger partial charge in [-0.25, -0.2) is 17.9 Å². The van der Waals surface area contributed by atoms with Crippen molar-refractivity contribution in [1.29, 1.82) is 0 Å². The summed E-state index contributed by atoms with van der Waals surface area (Å²) in [6.07, 6.45) is -0.973. The van der Waals surface area contributed by atoms with Crippen LogP contribution in [0.5, 0.6) is 0 Å². The van der Waals surface area contributed by atoms with Crippen LogP contribution in [0.4, 0.5) is 0 Å². The predicted octanol–water partition coefficient (Wildman–Crippen LogP) is 1.91. The second kappa shape index (κ2) is 8.93. The number of benzene rings is 1. The van der Waals surface area contributed by atoms with Crippen LogP contribution in [0.1, 0.15) is 29.1 Å². The van der Waals surface area contributed by atoms with Crippen molar-refractivity contribution in [3.05, 3.63) is 52.2 Å². The minimum Gasteiger partial charge on any atom is -0.449 e. The van der Waals surface area contributed by atoms with Gasteiger partial charge in [0.1, 0.15) is 0 Å². The maximum Gasteiger partial charge on any atom is 0.338 e. The van der Waals surface area contributed by atoms with Gasteiger partial charge in [-0.05, 0) is 43.5 Å². The van der Waals surface area contributed by atoms with E-state index in [1.165, 1.54) is 42.5 Å². The summed E-state index contributed by atoms with van der Waals surface area (Å²) >= 11 is 1.44. The molecule has 1 aromatic heterocycles. The Morgan fingerprint density at radius 1 is 1.23 bits per heavy atom. The number of nitrogens with one attached hydrogen (secondary N) is 2. The summed E-state index contributed by atoms with van der Waals surface area (Å²) in [5.74, 6) is -1.18. The van der Waals surface area contributed by atoms with Gasteiger partial charge in [0.2, 0.25) is 10.0 Å². The second-order valence-electron chi connectivity index (χ2n) is 5.37. The molecule has 2 rings (SSSR count). The topological polar surface area (TPSA) is 102 Å². The van der Waals surface area contributed by atoms with Crippen molar-refractivity contribution >= 4 is 33.2 Å². The van der Waals surface area contributed by atoms with E-state index in [0.717, 1.165) is 4.88 Å². The molecule has 9 heteroatoms. The van der Waals surface area contributed by atoms with Crippen LogP contribution in [-0.4, -0.2) is 32.9 Å². The first-order chi connectivity index (χ1) is 12.3. The van der Waals surface area contributed by atoms with Crippen LogP contribution < -0.4 is 10.0 Å². The largest absolute Gasteiger partial charge is 0.449 e. The van der Waals surface area contributed by atoms with Crippen molar-refractivity contribution in [1.82, 2.24) is 10.0 Å². The van der Waals surface area contributed by atoms with Crippen LogP contribution in [0, 0.1) is 0 Å². The monoisotopic (exact) mass is 396 g/mol. The molecule has 2 aromatic rings. The molecule has 0 radical (unpaired) electrons. The Hall–Kier alpha value is -2.23. The number of carbonyl (C=O) groups is 2. The highest BCUT2D eigenvalue weighted by atomic mass is 32.2. The van der Waals surface area contributed by atoms with Crippen LogP contribution in [0.15, 0.2) is 46.7 Å². The molecule has 0 saturated carbocycles. The van der Waals surface area contributed by atoms with E-state index < -0.39 is 28.0 Å². The number of rotatable bonds is 8. The summed E-state index contributed by atoms with van der Waals surface area (Å²) in [7, 11) is -3.78. The Balaban J connectivity index is 2.08. The van der Waals surface area contributed by atoms with E-state index in [1.807, 2.05) is 17.5 Å². The van der Waals surface area contributed by atoms with Crippen molar-refractivity contribution in [2.45, 2.75) is 31.4 Å². The standard InChI is InChI=1S/C17H20N2O5S2/c1-3-18-16(20)12(2)24-17(21)13-6-4-8-15(10-13)26(22,23)19-11-14-7-5-9-25-14/h4-10,12,19H,3,11H2,1-2H3,(H,18,20)/t12-/m0/s1. The molecular weight excluding hydrogens is 376 g/mol. The molecule has 1 atom stereocenters. The third-order valence-corrected chi connectivity index (χ3v) is 5.68. The van der Waals surface area contributed by atoms with Gasteiger partial charge >= 0.3 is 5.97 Å². The molecule has 0 aliphatic heterocycles. The first-order valence-corrected chi connectivity index (χ1v) is 10.3. The third kappa shape index (κ3) is 5.38. The fourth-order valence-corrected chi connectivity index (χ4v) is 3.84. The Morgan fingerprint density at radius 2 is 2.00 bits per heavy atom. The first-order valence-electron chi connectivity index (χ1n) is 7.94. The molecule has 0 aliphatic carbocycles. The predicted molar refractivity (Wildman–Crippen MR) is 98.3 cm³/mol. The van der Waals surface area contributed by atoms with Gasteiger partial charge in [-0.2, -0.15) is 0 Å². The molecule has 26 heavy (non-hydrogen) atoms. The van der Waals surface area contributed by atoms with E-state index in [4.69, 9.17) is 4.74 Å². The molecule has 0 spiro atoms. The van der Waals surface area contributed by atoms with Crippen molar-refractivity contribution in [3.8, 4) is 0 Å². The fourth-order valence-electron chi connectivity index (χ4n) is 2.05. The lowest BCUT2D eigenvalue weighted by molar-refractivity contribution is -0.128. The van der Waals surface area contributed by atoms with E-state index in [0.29, 0.717) is 6.54 Å². The third-order valence-electron chi connectivity index (χ3n) is 3.40. The average Bonchev–Trinajstić information content (AvgIpc) is 3.14. The van der Waals surface area contributed by atoms with E-state index in [1.54, 1.807) is 6.92 Å². The molecular formula is C17H20N2O5S2. The highest BCUT2D eigenvalue weighted by Gasteiger charge is 2.20. The summed E-state index contributed by atoms with van der Waals surface area (Å²) < 4.78 is 32.3. The number of hydrogen-bond donors (Lipinski definition) is 2. The first kappa shape index (κ1) is 20.1. The van der Waals surface area contributed by atoms with E-state index in [-0.39, 0.29) is 17.0 Å². The van der Waals surface area contributed by atoms with Crippen LogP contribution >= 0.6 is 11.3 Å². The van der Waals surface area contributed by atoms with E-state index in [9.17, 15) is 18.0 Å². The van der Waals surface area contributed by atoms with Crippen molar-refractivity contribution < 1.29 is 22.7 Å². The number of hydrogen-bond acceptors (Lipinski definition) is 6. The molecule has 2 N–H and O–H groups in total. The highest BCUT2D eigenvalue weighted by Crippen LogP contribution is 2.15. The van der Waals surface area contributed by atoms with Gasteiger partial charge in [0.25, 0.3) is 5.91 Å². The number of esters is 1. The molecule has 1 heterocycles. The molecule has 0 bridgehead atoms. The molecule has 0 saturated heterocycles. The highest BCUT2D eigenvalue weighted by molar-refractivity contribution is 7.89. The van der Waals surface area contributed by atoms with Crippen molar-refractivity contribution in [2.75, 3.05) is 6.54 Å². The smallest absolute Gasteiger partial charge is 0.338 e. The Morgan fingerprint density at radius 3 is 2.65 bits per heavy atom. The molecule has 140 valence electrons. The maximum absolute atomic E-state index is 12.4. The molecule has 0 unspecified atom stereocenters. The van der Waals surface area contributed by atoms with E-state index >= 15 is 0 Å². The van der Waals surface area contributed by atoms with Crippen LogP contribution in [-0.2, 0) is 26.1 Å². The molecule has 1 aromatic carbocycles. The van der Waals surface area contributed by atoms with Crippen molar-refractivity contribution in [2.24, 2.45) is 0 Å². The van der Waals surface area contributed by atoms with Crippen LogP contribution in [0.2, 0.25) is 0 Å². The van der Waals surface area contributed by atoms with Crippen molar-refractivity contribution in [3.63, 3.8) is 0 Å². The van der Waals surface area contributed by atoms with Gasteiger partial charge in [0, 0.05) is 18.0 Å². The number of carbonyl (C=O) groups excluding carboxylic acids is 2.